The van der Waals surface area contributed by atoms with Crippen LogP contribution in [-0.4, -0.2) is 28.9 Å². The molecule has 2 aromatic rings. The van der Waals surface area contributed by atoms with Gasteiger partial charge in [0.1, 0.15) is 0 Å². The average molecular weight is 491 g/mol. The van der Waals surface area contributed by atoms with Gasteiger partial charge in [-0.1, -0.05) is 12.1 Å². The lowest BCUT2D eigenvalue weighted by Crippen LogP contribution is -2.16. The third-order valence-electron chi connectivity index (χ3n) is 4.44. The maximum absolute atomic E-state index is 13.1. The molecule has 2 N–H and O–H groups in total. The third kappa shape index (κ3) is 5.63. The van der Waals surface area contributed by atoms with Gasteiger partial charge >= 0.3 is 12.4 Å². The summed E-state index contributed by atoms with van der Waals surface area (Å²) in [7, 11) is -0.193. The minimum atomic E-state index is -4.94. The van der Waals surface area contributed by atoms with Crippen LogP contribution in [0.25, 0.3) is 5.57 Å². The van der Waals surface area contributed by atoms with Gasteiger partial charge in [-0.3, -0.25) is 9.80 Å². The molecule has 1 aliphatic rings. The van der Waals surface area contributed by atoms with E-state index in [1.807, 2.05) is 6.26 Å². The van der Waals surface area contributed by atoms with Crippen LogP contribution in [0.3, 0.4) is 0 Å². The summed E-state index contributed by atoms with van der Waals surface area (Å²) in [6.07, 6.45) is -6.47. The number of nitrogens with two attached hydrogens (primary N) is 1. The number of halogens is 6. The number of rotatable bonds is 5. The first-order valence-electron chi connectivity index (χ1n) is 8.93. The van der Waals surface area contributed by atoms with Gasteiger partial charge in [-0.15, -0.1) is 11.8 Å². The SMILES string of the molecule is CSc1ccc(/C(=C\N2CPC(c3cc(C(F)(F)F)cc(C(F)(F)F)c3)=N2)C(N)=O)cc1. The average Bonchev–Trinajstić information content (AvgIpc) is 3.19. The predicted molar refractivity (Wildman–Crippen MR) is 113 cm³/mol. The van der Waals surface area contributed by atoms with Gasteiger partial charge in [-0.2, -0.15) is 31.4 Å². The van der Waals surface area contributed by atoms with Crippen molar-refractivity contribution in [2.75, 3.05) is 12.5 Å². The molecule has 1 unspecified atom stereocenters. The van der Waals surface area contributed by atoms with Gasteiger partial charge in [0.25, 0.3) is 5.91 Å². The summed E-state index contributed by atoms with van der Waals surface area (Å²) >= 11 is 1.51. The van der Waals surface area contributed by atoms with E-state index in [9.17, 15) is 31.1 Å². The highest BCUT2D eigenvalue weighted by Gasteiger charge is 2.37. The molecule has 0 fully saturated rings. The minimum absolute atomic E-state index is 0.0689. The van der Waals surface area contributed by atoms with Crippen LogP contribution in [0.1, 0.15) is 22.3 Å². The number of nitrogens with zero attached hydrogens (tertiary/aromatic N) is 2. The summed E-state index contributed by atoms with van der Waals surface area (Å²) in [4.78, 5) is 12.9. The number of benzene rings is 2. The lowest BCUT2D eigenvalue weighted by atomic mass is 10.1. The minimum Gasteiger partial charge on any atom is -0.366 e. The molecule has 170 valence electrons. The molecule has 0 bridgehead atoms. The Morgan fingerprint density at radius 2 is 1.62 bits per heavy atom. The topological polar surface area (TPSA) is 58.7 Å². The number of carbonyl (C=O) groups is 1. The van der Waals surface area contributed by atoms with Crippen molar-refractivity contribution in [3.63, 3.8) is 0 Å². The largest absolute Gasteiger partial charge is 0.416 e. The highest BCUT2D eigenvalue weighted by Crippen LogP contribution is 2.39. The zero-order valence-corrected chi connectivity index (χ0v) is 18.2. The molecule has 1 atom stereocenters. The first-order chi connectivity index (χ1) is 14.9. The molecule has 0 aromatic heterocycles. The summed E-state index contributed by atoms with van der Waals surface area (Å²) in [5.41, 5.74) is 3.08. The molecule has 0 spiro atoms. The summed E-state index contributed by atoms with van der Waals surface area (Å²) in [6.45, 7) is 0. The van der Waals surface area contributed by atoms with Gasteiger partial charge in [0, 0.05) is 16.7 Å². The summed E-state index contributed by atoms with van der Waals surface area (Å²) < 4.78 is 78.7. The lowest BCUT2D eigenvalue weighted by Gasteiger charge is -2.14. The Morgan fingerprint density at radius 3 is 2.09 bits per heavy atom. The molecule has 0 saturated heterocycles. The van der Waals surface area contributed by atoms with E-state index >= 15 is 0 Å². The van der Waals surface area contributed by atoms with Crippen molar-refractivity contribution in [3.05, 3.63) is 70.9 Å². The number of hydrazone groups is 1. The van der Waals surface area contributed by atoms with E-state index in [-0.39, 0.29) is 37.5 Å². The Labute approximate surface area is 185 Å². The van der Waals surface area contributed by atoms with Gasteiger partial charge in [-0.05, 0) is 50.7 Å². The first-order valence-corrected chi connectivity index (χ1v) is 11.4. The Bertz CT molecular complexity index is 1050. The van der Waals surface area contributed by atoms with E-state index in [0.717, 1.165) is 4.90 Å². The second-order valence-electron chi connectivity index (χ2n) is 6.65. The predicted octanol–water partition coefficient (Wildman–Crippen LogP) is 5.59. The van der Waals surface area contributed by atoms with E-state index in [1.54, 1.807) is 24.3 Å². The molecule has 12 heteroatoms. The molecule has 1 amide bonds. The van der Waals surface area contributed by atoms with Crippen LogP contribution in [0.2, 0.25) is 0 Å². The molecule has 32 heavy (non-hydrogen) atoms. The van der Waals surface area contributed by atoms with Gasteiger partial charge in [0.05, 0.1) is 28.4 Å². The summed E-state index contributed by atoms with van der Waals surface area (Å²) in [6, 6.07) is 8.32. The fourth-order valence-electron chi connectivity index (χ4n) is 2.88. The number of primary amides is 1. The first kappa shape index (κ1) is 24.1. The molecule has 1 aliphatic heterocycles. The van der Waals surface area contributed by atoms with E-state index < -0.39 is 29.4 Å². The van der Waals surface area contributed by atoms with Crippen molar-refractivity contribution in [3.8, 4) is 0 Å². The molecular formula is C20H16F6N3OPS. The molecule has 2 aromatic carbocycles. The van der Waals surface area contributed by atoms with Gasteiger partial charge in [0.15, 0.2) is 0 Å². The van der Waals surface area contributed by atoms with Crippen LogP contribution in [-0.2, 0) is 17.1 Å². The van der Waals surface area contributed by atoms with E-state index in [0.29, 0.717) is 17.7 Å². The smallest absolute Gasteiger partial charge is 0.366 e. The van der Waals surface area contributed by atoms with Crippen molar-refractivity contribution in [1.29, 1.82) is 0 Å². The number of hydrogen-bond donors (Lipinski definition) is 1. The molecule has 0 saturated carbocycles. The summed E-state index contributed by atoms with van der Waals surface area (Å²) in [5.74, 6) is -0.743. The number of hydrogen-bond acceptors (Lipinski definition) is 4. The maximum Gasteiger partial charge on any atom is 0.416 e. The standard InChI is InChI=1S/C20H16F6N3OPS/c1-32-15-4-2-11(3-5-15)16(17(27)30)9-29-10-31-18(28-29)12-6-13(19(21,22)23)8-14(7-12)20(24,25)26/h2-9,31H,10H2,1H3,(H2,27,30)/b16-9+. The Hall–Kier alpha value is -2.52. The molecule has 1 heterocycles. The molecule has 4 nitrogen and oxygen atoms in total. The zero-order valence-electron chi connectivity index (χ0n) is 16.4. The van der Waals surface area contributed by atoms with Gasteiger partial charge in [-0.25, -0.2) is 0 Å². The number of amides is 1. The highest BCUT2D eigenvalue weighted by atomic mass is 32.2. The van der Waals surface area contributed by atoms with E-state index in [1.165, 1.54) is 23.0 Å². The van der Waals surface area contributed by atoms with E-state index in [4.69, 9.17) is 5.73 Å². The molecule has 0 radical (unpaired) electrons. The van der Waals surface area contributed by atoms with Crippen molar-refractivity contribution >= 4 is 37.3 Å². The second kappa shape index (κ2) is 9.15. The van der Waals surface area contributed by atoms with Crippen LogP contribution < -0.4 is 5.73 Å². The van der Waals surface area contributed by atoms with Crippen molar-refractivity contribution in [2.45, 2.75) is 17.2 Å². The Kier molecular flexibility index (Phi) is 6.90. The fourth-order valence-corrected chi connectivity index (χ4v) is 4.31. The van der Waals surface area contributed by atoms with Gasteiger partial charge < -0.3 is 5.73 Å². The van der Waals surface area contributed by atoms with Crippen LogP contribution in [0, 0.1) is 0 Å². The summed E-state index contributed by atoms with van der Waals surface area (Å²) in [5, 5.41) is 5.42. The quantitative estimate of drug-likeness (QED) is 0.257. The molecule has 0 aliphatic carbocycles. The Morgan fingerprint density at radius 1 is 1.06 bits per heavy atom. The number of carbonyl (C=O) groups excluding carboxylic acids is 1. The van der Waals surface area contributed by atoms with Crippen molar-refractivity contribution < 1.29 is 31.1 Å². The van der Waals surface area contributed by atoms with E-state index in [2.05, 4.69) is 5.10 Å². The Balaban J connectivity index is 1.98. The fraction of sp³-hybridized carbons (Fsp3) is 0.200. The third-order valence-corrected chi connectivity index (χ3v) is 6.39. The van der Waals surface area contributed by atoms with Crippen LogP contribution in [0.15, 0.2) is 58.7 Å². The van der Waals surface area contributed by atoms with Crippen molar-refractivity contribution in [2.24, 2.45) is 10.8 Å². The lowest BCUT2D eigenvalue weighted by molar-refractivity contribution is -0.143. The molecule has 3 rings (SSSR count). The number of thioether (sulfide) groups is 1. The maximum atomic E-state index is 13.1. The number of alkyl halides is 6. The molecular weight excluding hydrogens is 475 g/mol. The highest BCUT2D eigenvalue weighted by molar-refractivity contribution is 7.98. The van der Waals surface area contributed by atoms with Crippen LogP contribution in [0.5, 0.6) is 0 Å². The van der Waals surface area contributed by atoms with Crippen molar-refractivity contribution in [1.82, 2.24) is 5.01 Å². The van der Waals surface area contributed by atoms with Gasteiger partial charge in [0.2, 0.25) is 0 Å². The zero-order chi connectivity index (χ0) is 23.7. The van der Waals surface area contributed by atoms with Crippen LogP contribution in [0.4, 0.5) is 26.3 Å². The second-order valence-corrected chi connectivity index (χ2v) is 8.68. The van der Waals surface area contributed by atoms with Crippen LogP contribution >= 0.6 is 20.3 Å². The normalized spacial score (nSPS) is 15.9. The monoisotopic (exact) mass is 491 g/mol.